The van der Waals surface area contributed by atoms with Gasteiger partial charge in [0.25, 0.3) is 0 Å². The van der Waals surface area contributed by atoms with E-state index < -0.39 is 5.97 Å². The number of nitrogens with one attached hydrogen (secondary N) is 1. The van der Waals surface area contributed by atoms with Gasteiger partial charge in [-0.15, -0.1) is 11.8 Å². The lowest BCUT2D eigenvalue weighted by atomic mass is 10.3. The second-order valence-electron chi connectivity index (χ2n) is 3.01. The molecule has 0 aromatic heterocycles. The van der Waals surface area contributed by atoms with E-state index in [4.69, 9.17) is 5.11 Å². The molecule has 0 aliphatic rings. The molecule has 13 heavy (non-hydrogen) atoms. The van der Waals surface area contributed by atoms with Crippen LogP contribution >= 0.6 is 11.8 Å². The maximum atomic E-state index is 11.2. The first-order valence-electron chi connectivity index (χ1n) is 4.07. The molecule has 0 fully saturated rings. The number of amides is 1. The van der Waals surface area contributed by atoms with Gasteiger partial charge in [0.1, 0.15) is 0 Å². The van der Waals surface area contributed by atoms with Gasteiger partial charge in [0, 0.05) is 6.04 Å². The van der Waals surface area contributed by atoms with E-state index >= 15 is 0 Å². The van der Waals surface area contributed by atoms with Gasteiger partial charge in [-0.05, 0) is 20.8 Å². The Morgan fingerprint density at radius 2 is 1.92 bits per heavy atom. The molecule has 1 atom stereocenters. The molecule has 0 rings (SSSR count). The van der Waals surface area contributed by atoms with Crippen LogP contribution in [-0.2, 0) is 9.59 Å². The molecule has 0 aliphatic heterocycles. The Balaban J connectivity index is 3.76. The molecule has 0 bridgehead atoms. The zero-order valence-electron chi connectivity index (χ0n) is 8.03. The number of carboxylic acids is 1. The Hall–Kier alpha value is -0.710. The van der Waals surface area contributed by atoms with Crippen LogP contribution in [0.15, 0.2) is 0 Å². The monoisotopic (exact) mass is 205 g/mol. The molecule has 0 aliphatic carbocycles. The number of hydrogen-bond donors (Lipinski definition) is 2. The lowest BCUT2D eigenvalue weighted by molar-refractivity contribution is -0.133. The topological polar surface area (TPSA) is 66.4 Å². The van der Waals surface area contributed by atoms with Crippen LogP contribution in [0, 0.1) is 0 Å². The summed E-state index contributed by atoms with van der Waals surface area (Å²) < 4.78 is 0. The highest BCUT2D eigenvalue weighted by Crippen LogP contribution is 2.09. The number of hydrogen-bond acceptors (Lipinski definition) is 3. The highest BCUT2D eigenvalue weighted by molar-refractivity contribution is 8.01. The summed E-state index contributed by atoms with van der Waals surface area (Å²) in [6, 6.07) is 0.0976. The van der Waals surface area contributed by atoms with Crippen molar-refractivity contribution >= 4 is 23.6 Å². The molecule has 0 radical (unpaired) electrons. The Kier molecular flexibility index (Phi) is 5.53. The van der Waals surface area contributed by atoms with Gasteiger partial charge in [0.2, 0.25) is 5.91 Å². The summed E-state index contributed by atoms with van der Waals surface area (Å²) in [5, 5.41) is 10.8. The zero-order chi connectivity index (χ0) is 10.4. The van der Waals surface area contributed by atoms with Crippen molar-refractivity contribution < 1.29 is 14.7 Å². The molecule has 0 spiro atoms. The molecule has 1 unspecified atom stereocenters. The van der Waals surface area contributed by atoms with Crippen LogP contribution in [0.25, 0.3) is 0 Å². The first-order chi connectivity index (χ1) is 5.93. The van der Waals surface area contributed by atoms with Crippen molar-refractivity contribution in [2.75, 3.05) is 5.75 Å². The van der Waals surface area contributed by atoms with Gasteiger partial charge in [-0.3, -0.25) is 9.59 Å². The van der Waals surface area contributed by atoms with E-state index in [1.807, 2.05) is 13.8 Å². The predicted molar refractivity (Wildman–Crippen MR) is 52.8 cm³/mol. The summed E-state index contributed by atoms with van der Waals surface area (Å²) in [4.78, 5) is 21.4. The van der Waals surface area contributed by atoms with Gasteiger partial charge in [0.05, 0.1) is 11.0 Å². The fraction of sp³-hybridized carbons (Fsp3) is 0.750. The van der Waals surface area contributed by atoms with Gasteiger partial charge in [-0.2, -0.15) is 0 Å². The largest absolute Gasteiger partial charge is 0.481 e. The van der Waals surface area contributed by atoms with E-state index in [0.717, 1.165) is 11.8 Å². The van der Waals surface area contributed by atoms with Crippen LogP contribution < -0.4 is 5.32 Å². The fourth-order valence-corrected chi connectivity index (χ4v) is 1.29. The minimum Gasteiger partial charge on any atom is -0.481 e. The zero-order valence-corrected chi connectivity index (χ0v) is 8.85. The van der Waals surface area contributed by atoms with Crippen molar-refractivity contribution in [3.05, 3.63) is 0 Å². The molecule has 2 N–H and O–H groups in total. The van der Waals surface area contributed by atoms with Crippen LogP contribution in [0.3, 0.4) is 0 Å². The number of carbonyl (C=O) groups excluding carboxylic acids is 1. The summed E-state index contributed by atoms with van der Waals surface area (Å²) in [5.74, 6) is -1.04. The number of rotatable bonds is 5. The van der Waals surface area contributed by atoms with Crippen molar-refractivity contribution in [1.29, 1.82) is 0 Å². The molecular weight excluding hydrogens is 190 g/mol. The SMILES string of the molecule is CC(C)NC(=O)C(C)SCC(=O)O. The highest BCUT2D eigenvalue weighted by atomic mass is 32.2. The number of thioether (sulfide) groups is 1. The third-order valence-corrected chi connectivity index (χ3v) is 2.38. The predicted octanol–water partition coefficient (Wildman–Crippen LogP) is 0.717. The summed E-state index contributed by atoms with van der Waals surface area (Å²) in [6.07, 6.45) is 0. The smallest absolute Gasteiger partial charge is 0.313 e. The lowest BCUT2D eigenvalue weighted by Crippen LogP contribution is -2.36. The van der Waals surface area contributed by atoms with E-state index in [1.165, 1.54) is 0 Å². The summed E-state index contributed by atoms with van der Waals surface area (Å²) in [6.45, 7) is 5.43. The first-order valence-corrected chi connectivity index (χ1v) is 5.12. The molecule has 1 amide bonds. The normalized spacial score (nSPS) is 12.6. The van der Waals surface area contributed by atoms with Gasteiger partial charge in [-0.25, -0.2) is 0 Å². The minimum absolute atomic E-state index is 0.0350. The molecule has 5 heteroatoms. The summed E-state index contributed by atoms with van der Waals surface area (Å²) in [5.41, 5.74) is 0. The maximum absolute atomic E-state index is 11.2. The molecule has 4 nitrogen and oxygen atoms in total. The van der Waals surface area contributed by atoms with Crippen LogP contribution in [-0.4, -0.2) is 34.0 Å². The highest BCUT2D eigenvalue weighted by Gasteiger charge is 2.14. The van der Waals surface area contributed by atoms with Crippen molar-refractivity contribution in [1.82, 2.24) is 5.32 Å². The van der Waals surface area contributed by atoms with Gasteiger partial charge >= 0.3 is 5.97 Å². The summed E-state index contributed by atoms with van der Waals surface area (Å²) in [7, 11) is 0. The van der Waals surface area contributed by atoms with Crippen LogP contribution in [0.2, 0.25) is 0 Å². The third-order valence-electron chi connectivity index (χ3n) is 1.26. The van der Waals surface area contributed by atoms with E-state index in [0.29, 0.717) is 0 Å². The second kappa shape index (κ2) is 5.85. The van der Waals surface area contributed by atoms with Gasteiger partial charge < -0.3 is 10.4 Å². The number of carbonyl (C=O) groups is 2. The van der Waals surface area contributed by atoms with Gasteiger partial charge in [0.15, 0.2) is 0 Å². The quantitative estimate of drug-likeness (QED) is 0.694. The minimum atomic E-state index is -0.894. The maximum Gasteiger partial charge on any atom is 0.313 e. The number of aliphatic carboxylic acids is 1. The Labute approximate surface area is 82.1 Å². The van der Waals surface area contributed by atoms with Crippen molar-refractivity contribution in [2.24, 2.45) is 0 Å². The molecule has 0 aromatic rings. The van der Waals surface area contributed by atoms with Crippen molar-refractivity contribution in [3.8, 4) is 0 Å². The molecule has 0 aromatic carbocycles. The number of carboxylic acid groups (broad SMARTS) is 1. The van der Waals surface area contributed by atoms with Gasteiger partial charge in [-0.1, -0.05) is 0 Å². The van der Waals surface area contributed by atoms with Crippen molar-refractivity contribution in [3.63, 3.8) is 0 Å². The average Bonchev–Trinajstić information content (AvgIpc) is 1.98. The standard InChI is InChI=1S/C8H15NO3S/c1-5(2)9-8(12)6(3)13-4-7(10)11/h5-6H,4H2,1-3H3,(H,9,12)(H,10,11). The lowest BCUT2D eigenvalue weighted by Gasteiger charge is -2.12. The van der Waals surface area contributed by atoms with E-state index in [2.05, 4.69) is 5.32 Å². The van der Waals surface area contributed by atoms with Crippen molar-refractivity contribution in [2.45, 2.75) is 32.1 Å². The van der Waals surface area contributed by atoms with E-state index in [-0.39, 0.29) is 23.0 Å². The Bertz CT molecular complexity index is 194. The van der Waals surface area contributed by atoms with Crippen LogP contribution in [0.1, 0.15) is 20.8 Å². The third kappa shape index (κ3) is 6.45. The molecule has 0 heterocycles. The molecule has 0 saturated heterocycles. The van der Waals surface area contributed by atoms with Crippen LogP contribution in [0.4, 0.5) is 0 Å². The summed E-state index contributed by atoms with van der Waals surface area (Å²) >= 11 is 1.12. The molecule has 76 valence electrons. The second-order valence-corrected chi connectivity index (χ2v) is 4.34. The fourth-order valence-electron chi connectivity index (χ4n) is 0.674. The average molecular weight is 205 g/mol. The van der Waals surface area contributed by atoms with E-state index in [1.54, 1.807) is 6.92 Å². The molecular formula is C8H15NO3S. The van der Waals surface area contributed by atoms with Crippen LogP contribution in [0.5, 0.6) is 0 Å². The Morgan fingerprint density at radius 3 is 2.31 bits per heavy atom. The van der Waals surface area contributed by atoms with E-state index in [9.17, 15) is 9.59 Å². The Morgan fingerprint density at radius 1 is 1.38 bits per heavy atom. The first kappa shape index (κ1) is 12.3. The molecule has 0 saturated carbocycles.